The van der Waals surface area contributed by atoms with Gasteiger partial charge in [0.25, 0.3) is 0 Å². The third-order valence-electron chi connectivity index (χ3n) is 2.74. The first-order chi connectivity index (χ1) is 8.71. The molecule has 114 valence electrons. The molecule has 1 unspecified atom stereocenters. The normalized spacial score (nSPS) is 12.7. The van der Waals surface area contributed by atoms with Crippen molar-refractivity contribution in [2.45, 2.75) is 31.3 Å². The minimum absolute atomic E-state index is 0. The number of hydrogen-bond donors (Lipinski definition) is 3. The van der Waals surface area contributed by atoms with E-state index in [0.29, 0.717) is 6.54 Å². The van der Waals surface area contributed by atoms with Crippen LogP contribution in [0.2, 0.25) is 0 Å². The van der Waals surface area contributed by atoms with Gasteiger partial charge in [-0.2, -0.15) is 0 Å². The van der Waals surface area contributed by atoms with Gasteiger partial charge >= 0.3 is 0 Å². The zero-order valence-corrected chi connectivity index (χ0v) is 13.0. The van der Waals surface area contributed by atoms with Crippen LogP contribution in [0.15, 0.2) is 29.2 Å². The predicted molar refractivity (Wildman–Crippen MR) is 79.7 cm³/mol. The lowest BCUT2D eigenvalue weighted by atomic mass is 10.0. The van der Waals surface area contributed by atoms with E-state index in [1.54, 1.807) is 12.1 Å². The van der Waals surface area contributed by atoms with E-state index < -0.39 is 16.1 Å². The van der Waals surface area contributed by atoms with Crippen LogP contribution < -0.4 is 16.2 Å². The van der Waals surface area contributed by atoms with Crippen molar-refractivity contribution in [3.05, 3.63) is 29.8 Å². The molecule has 1 rings (SSSR count). The number of rotatable bonds is 5. The van der Waals surface area contributed by atoms with Gasteiger partial charge in [-0.3, -0.25) is 4.79 Å². The molecular formula is C12H20ClN3O3S. The average Bonchev–Trinajstić information content (AvgIpc) is 2.34. The minimum atomic E-state index is -3.68. The number of nitrogens with one attached hydrogen (secondary N) is 1. The Bertz CT molecular complexity index is 544. The quantitative estimate of drug-likeness (QED) is 0.726. The van der Waals surface area contributed by atoms with Gasteiger partial charge < -0.3 is 11.1 Å². The molecular weight excluding hydrogens is 302 g/mol. The van der Waals surface area contributed by atoms with E-state index in [0.717, 1.165) is 5.56 Å². The minimum Gasteiger partial charge on any atom is -0.351 e. The predicted octanol–water partition coefficient (Wildman–Crippen LogP) is 0.355. The van der Waals surface area contributed by atoms with E-state index in [4.69, 9.17) is 10.9 Å². The highest BCUT2D eigenvalue weighted by Gasteiger charge is 2.16. The van der Waals surface area contributed by atoms with Crippen molar-refractivity contribution in [2.24, 2.45) is 16.8 Å². The van der Waals surface area contributed by atoms with Gasteiger partial charge in [-0.1, -0.05) is 26.0 Å². The highest BCUT2D eigenvalue weighted by atomic mass is 35.5. The second-order valence-electron chi connectivity index (χ2n) is 4.68. The van der Waals surface area contributed by atoms with Crippen LogP contribution in [0.5, 0.6) is 0 Å². The maximum absolute atomic E-state index is 11.6. The molecule has 8 heteroatoms. The van der Waals surface area contributed by atoms with Gasteiger partial charge in [-0.15, -0.1) is 12.4 Å². The lowest BCUT2D eigenvalue weighted by Gasteiger charge is -2.15. The molecule has 1 atom stereocenters. The first-order valence-electron chi connectivity index (χ1n) is 5.87. The highest BCUT2D eigenvalue weighted by Crippen LogP contribution is 2.08. The van der Waals surface area contributed by atoms with Crippen molar-refractivity contribution in [1.29, 1.82) is 0 Å². The van der Waals surface area contributed by atoms with E-state index in [-0.39, 0.29) is 29.1 Å². The van der Waals surface area contributed by atoms with Crippen LogP contribution in [0.3, 0.4) is 0 Å². The van der Waals surface area contributed by atoms with Crippen LogP contribution in [-0.4, -0.2) is 20.4 Å². The fraction of sp³-hybridized carbons (Fsp3) is 0.417. The Morgan fingerprint density at radius 2 is 1.75 bits per heavy atom. The van der Waals surface area contributed by atoms with Crippen LogP contribution in [0, 0.1) is 5.92 Å². The number of primary sulfonamides is 1. The summed E-state index contributed by atoms with van der Waals surface area (Å²) >= 11 is 0. The zero-order valence-electron chi connectivity index (χ0n) is 11.4. The monoisotopic (exact) mass is 321 g/mol. The van der Waals surface area contributed by atoms with E-state index in [9.17, 15) is 13.2 Å². The molecule has 1 amide bonds. The first-order valence-corrected chi connectivity index (χ1v) is 7.41. The molecule has 5 N–H and O–H groups in total. The Morgan fingerprint density at radius 3 is 2.15 bits per heavy atom. The van der Waals surface area contributed by atoms with Crippen LogP contribution in [0.25, 0.3) is 0 Å². The Hall–Kier alpha value is -1.15. The summed E-state index contributed by atoms with van der Waals surface area (Å²) in [7, 11) is -3.68. The molecule has 0 saturated heterocycles. The highest BCUT2D eigenvalue weighted by molar-refractivity contribution is 7.89. The van der Waals surface area contributed by atoms with Gasteiger partial charge in [0.15, 0.2) is 0 Å². The number of nitrogens with two attached hydrogens (primary N) is 2. The molecule has 0 spiro atoms. The van der Waals surface area contributed by atoms with Crippen LogP contribution in [0.4, 0.5) is 0 Å². The van der Waals surface area contributed by atoms with Gasteiger partial charge in [0.1, 0.15) is 0 Å². The number of halogens is 1. The van der Waals surface area contributed by atoms with Crippen molar-refractivity contribution in [1.82, 2.24) is 5.32 Å². The Labute approximate surface area is 125 Å². The van der Waals surface area contributed by atoms with Gasteiger partial charge in [-0.05, 0) is 23.6 Å². The van der Waals surface area contributed by atoms with Crippen LogP contribution >= 0.6 is 12.4 Å². The van der Waals surface area contributed by atoms with Crippen LogP contribution in [-0.2, 0) is 21.4 Å². The standard InChI is InChI=1S/C12H19N3O3S.ClH/c1-8(2)11(13)12(16)15-7-9-3-5-10(6-4-9)19(14,17)18;/h3-6,8,11H,7,13H2,1-2H3,(H,15,16)(H2,14,17,18);1H. The van der Waals surface area contributed by atoms with Crippen molar-refractivity contribution in [3.8, 4) is 0 Å². The van der Waals surface area contributed by atoms with Gasteiger partial charge in [0.05, 0.1) is 10.9 Å². The van der Waals surface area contributed by atoms with E-state index >= 15 is 0 Å². The number of amides is 1. The Morgan fingerprint density at radius 1 is 1.25 bits per heavy atom. The van der Waals surface area contributed by atoms with Crippen molar-refractivity contribution in [3.63, 3.8) is 0 Å². The molecule has 1 aromatic rings. The van der Waals surface area contributed by atoms with Crippen molar-refractivity contribution >= 4 is 28.3 Å². The zero-order chi connectivity index (χ0) is 14.6. The Balaban J connectivity index is 0.00000361. The number of hydrogen-bond acceptors (Lipinski definition) is 4. The number of carbonyl (C=O) groups excluding carboxylic acids is 1. The number of benzene rings is 1. The third-order valence-corrected chi connectivity index (χ3v) is 3.67. The summed E-state index contributed by atoms with van der Waals surface area (Å²) in [5.74, 6) is -0.171. The molecule has 6 nitrogen and oxygen atoms in total. The maximum Gasteiger partial charge on any atom is 0.238 e. The molecule has 0 aliphatic carbocycles. The summed E-state index contributed by atoms with van der Waals surface area (Å²) in [5.41, 5.74) is 6.47. The lowest BCUT2D eigenvalue weighted by Crippen LogP contribution is -2.43. The van der Waals surface area contributed by atoms with E-state index in [1.807, 2.05) is 13.8 Å². The van der Waals surface area contributed by atoms with Crippen molar-refractivity contribution in [2.75, 3.05) is 0 Å². The number of sulfonamides is 1. The lowest BCUT2D eigenvalue weighted by molar-refractivity contribution is -0.123. The summed E-state index contributed by atoms with van der Waals surface area (Å²) in [6.07, 6.45) is 0. The number of carbonyl (C=O) groups is 1. The third kappa shape index (κ3) is 5.46. The average molecular weight is 322 g/mol. The largest absolute Gasteiger partial charge is 0.351 e. The molecule has 0 bridgehead atoms. The molecule has 0 aromatic heterocycles. The topological polar surface area (TPSA) is 115 Å². The maximum atomic E-state index is 11.6. The SMILES string of the molecule is CC(C)C(N)C(=O)NCc1ccc(S(N)(=O)=O)cc1.Cl. The summed E-state index contributed by atoms with van der Waals surface area (Å²) in [6.45, 7) is 4.03. The first kappa shape index (κ1) is 18.9. The van der Waals surface area contributed by atoms with Gasteiger partial charge in [-0.25, -0.2) is 13.6 Å². The molecule has 0 radical (unpaired) electrons. The summed E-state index contributed by atoms with van der Waals surface area (Å²) in [6, 6.07) is 5.45. The van der Waals surface area contributed by atoms with Crippen LogP contribution in [0.1, 0.15) is 19.4 Å². The second kappa shape index (κ2) is 7.58. The molecule has 0 fully saturated rings. The van der Waals surface area contributed by atoms with Gasteiger partial charge in [0, 0.05) is 6.54 Å². The molecule has 0 aliphatic heterocycles. The summed E-state index contributed by atoms with van der Waals surface area (Å²) in [5, 5.41) is 7.68. The molecule has 0 heterocycles. The molecule has 1 aromatic carbocycles. The molecule has 20 heavy (non-hydrogen) atoms. The molecule has 0 saturated carbocycles. The second-order valence-corrected chi connectivity index (χ2v) is 6.24. The summed E-state index contributed by atoms with van der Waals surface area (Å²) < 4.78 is 22.1. The fourth-order valence-corrected chi connectivity index (χ4v) is 1.92. The Kier molecular flexibility index (Phi) is 7.15. The van der Waals surface area contributed by atoms with E-state index in [2.05, 4.69) is 5.32 Å². The van der Waals surface area contributed by atoms with Gasteiger partial charge in [0.2, 0.25) is 15.9 Å². The molecule has 0 aliphatic rings. The van der Waals surface area contributed by atoms with Crippen molar-refractivity contribution < 1.29 is 13.2 Å². The fourth-order valence-electron chi connectivity index (χ4n) is 1.41. The summed E-state index contributed by atoms with van der Waals surface area (Å²) in [4.78, 5) is 11.7. The van der Waals surface area contributed by atoms with E-state index in [1.165, 1.54) is 12.1 Å². The smallest absolute Gasteiger partial charge is 0.238 e.